The number of methoxy groups -OCH3 is 1. The number of hydrogen-bond donors (Lipinski definition) is 0. The summed E-state index contributed by atoms with van der Waals surface area (Å²) in [5.74, 6) is -0.212. The van der Waals surface area contributed by atoms with Crippen molar-refractivity contribution in [3.8, 4) is 5.75 Å². The molecule has 0 N–H and O–H groups in total. The Morgan fingerprint density at radius 3 is 2.71 bits per heavy atom. The molecule has 3 rings (SSSR count). The summed E-state index contributed by atoms with van der Waals surface area (Å²) < 4.78 is 27.7. The number of alkyl halides is 1. The van der Waals surface area contributed by atoms with Gasteiger partial charge in [-0.05, 0) is 29.8 Å². The Kier molecular flexibility index (Phi) is 9.82. The van der Waals surface area contributed by atoms with Gasteiger partial charge < -0.3 is 23.7 Å². The monoisotopic (exact) mass is 550 g/mol. The lowest BCUT2D eigenvalue weighted by atomic mass is 10.1. The molecule has 1 aliphatic rings. The Hall–Kier alpha value is -3.22. The average Bonchev–Trinajstić information content (AvgIpc) is 3.21. The Bertz CT molecular complexity index is 1070. The van der Waals surface area contributed by atoms with Gasteiger partial charge in [-0.25, -0.2) is 4.79 Å². The topological polar surface area (TPSA) is 155 Å². The van der Waals surface area contributed by atoms with Crippen molar-refractivity contribution < 1.29 is 33.4 Å². The van der Waals surface area contributed by atoms with Gasteiger partial charge in [0.05, 0.1) is 41.4 Å². The van der Waals surface area contributed by atoms with Gasteiger partial charge in [-0.3, -0.25) is 10.1 Å². The number of nitrogens with zero attached hydrogens (tertiary/aromatic N) is 4. The van der Waals surface area contributed by atoms with E-state index in [1.54, 1.807) is 36.4 Å². The second kappa shape index (κ2) is 13.0. The van der Waals surface area contributed by atoms with E-state index in [1.165, 1.54) is 19.2 Å². The number of rotatable bonds is 12. The number of nitro groups is 1. The number of nitro benzene ring substituents is 1. The van der Waals surface area contributed by atoms with Crippen molar-refractivity contribution in [2.45, 2.75) is 31.1 Å². The number of halogens is 1. The highest BCUT2D eigenvalue weighted by atomic mass is 79.9. The van der Waals surface area contributed by atoms with Gasteiger partial charge in [-0.2, -0.15) is 0 Å². The third kappa shape index (κ3) is 6.90. The summed E-state index contributed by atoms with van der Waals surface area (Å²) in [7, 11) is 1.38. The van der Waals surface area contributed by atoms with E-state index >= 15 is 0 Å². The number of ether oxygens (including phenoxy) is 5. The highest BCUT2D eigenvalue weighted by Gasteiger charge is 2.46. The fourth-order valence-electron chi connectivity index (χ4n) is 3.49. The molecule has 13 heteroatoms. The van der Waals surface area contributed by atoms with Crippen LogP contribution in [0.4, 0.5) is 5.69 Å². The number of esters is 1. The fraction of sp³-hybridized carbons (Fsp3) is 0.409. The number of benzene rings is 2. The first-order chi connectivity index (χ1) is 17.0. The molecule has 0 unspecified atom stereocenters. The minimum absolute atomic E-state index is 0.182. The van der Waals surface area contributed by atoms with E-state index < -0.39 is 35.4 Å². The molecule has 0 amide bonds. The smallest absolute Gasteiger partial charge is 0.338 e. The van der Waals surface area contributed by atoms with Crippen LogP contribution in [0.1, 0.15) is 15.9 Å². The molecule has 12 nitrogen and oxygen atoms in total. The molecule has 4 atom stereocenters. The quantitative estimate of drug-likeness (QED) is 0.0724. The lowest BCUT2D eigenvalue weighted by Crippen LogP contribution is -2.36. The molecule has 0 aromatic heterocycles. The first-order valence-corrected chi connectivity index (χ1v) is 11.6. The van der Waals surface area contributed by atoms with Crippen LogP contribution >= 0.6 is 15.9 Å². The van der Waals surface area contributed by atoms with E-state index in [0.29, 0.717) is 23.2 Å². The zero-order valence-corrected chi connectivity index (χ0v) is 20.3. The average molecular weight is 551 g/mol. The maximum absolute atomic E-state index is 12.3. The third-order valence-corrected chi connectivity index (χ3v) is 5.45. The molecule has 0 radical (unpaired) electrons. The van der Waals surface area contributed by atoms with Crippen molar-refractivity contribution in [3.05, 3.63) is 80.2 Å². The number of hydrogen-bond acceptors (Lipinski definition) is 9. The first-order valence-electron chi connectivity index (χ1n) is 10.5. The zero-order valence-electron chi connectivity index (χ0n) is 18.7. The van der Waals surface area contributed by atoms with Crippen LogP contribution in [0.2, 0.25) is 0 Å². The Morgan fingerprint density at radius 2 is 2.06 bits per heavy atom. The normalized spacial score (nSPS) is 21.2. The van der Waals surface area contributed by atoms with E-state index in [4.69, 9.17) is 29.2 Å². The molecule has 35 heavy (non-hydrogen) atoms. The third-order valence-electron chi connectivity index (χ3n) is 5.13. The second-order valence-electron chi connectivity index (χ2n) is 7.30. The summed E-state index contributed by atoms with van der Waals surface area (Å²) in [6, 6.07) is 11.9. The number of carbonyl (C=O) groups is 1. The lowest BCUT2D eigenvalue weighted by molar-refractivity contribution is -0.386. The summed E-state index contributed by atoms with van der Waals surface area (Å²) in [5, 5.41) is 15.9. The van der Waals surface area contributed by atoms with E-state index in [1.807, 2.05) is 0 Å². The van der Waals surface area contributed by atoms with Gasteiger partial charge in [0.15, 0.2) is 6.29 Å². The molecular formula is C22H23BrN4O8. The zero-order chi connectivity index (χ0) is 25.2. The second-order valence-corrected chi connectivity index (χ2v) is 8.09. The number of azide groups is 1. The molecule has 1 heterocycles. The van der Waals surface area contributed by atoms with Crippen LogP contribution in [0.25, 0.3) is 10.4 Å². The van der Waals surface area contributed by atoms with Crippen molar-refractivity contribution in [2.24, 2.45) is 5.11 Å². The summed E-state index contributed by atoms with van der Waals surface area (Å²) in [6.07, 6.45) is -2.70. The maximum Gasteiger partial charge on any atom is 0.338 e. The fourth-order valence-corrected chi connectivity index (χ4v) is 3.65. The predicted octanol–water partition coefficient (Wildman–Crippen LogP) is 4.16. The van der Waals surface area contributed by atoms with Crippen molar-refractivity contribution in [2.75, 3.05) is 25.7 Å². The summed E-state index contributed by atoms with van der Waals surface area (Å²) in [6.45, 7) is -0.0419. The van der Waals surface area contributed by atoms with Gasteiger partial charge in [0, 0.05) is 17.4 Å². The van der Waals surface area contributed by atoms with Gasteiger partial charge in [0.2, 0.25) is 0 Å². The highest BCUT2D eigenvalue weighted by Crippen LogP contribution is 2.31. The molecule has 2 aromatic rings. The highest BCUT2D eigenvalue weighted by molar-refractivity contribution is 9.09. The SMILES string of the molecule is CO[C@@H]1O[C@H](COC(=O)c2ccccc2)[C@@H](N=[N+]=[N-])[C@H]1OCc1ccc(OCCBr)cc1[N+](=O)[O-]. The van der Waals surface area contributed by atoms with Gasteiger partial charge >= 0.3 is 5.97 Å². The minimum Gasteiger partial charge on any atom is -0.492 e. The summed E-state index contributed by atoms with van der Waals surface area (Å²) in [4.78, 5) is 26.2. The minimum atomic E-state index is -0.952. The summed E-state index contributed by atoms with van der Waals surface area (Å²) in [5.41, 5.74) is 9.54. The Labute approximate surface area is 209 Å². The molecule has 186 valence electrons. The predicted molar refractivity (Wildman–Crippen MR) is 126 cm³/mol. The largest absolute Gasteiger partial charge is 0.492 e. The van der Waals surface area contributed by atoms with E-state index in [-0.39, 0.29) is 24.5 Å². The molecule has 0 spiro atoms. The first kappa shape index (κ1) is 26.4. The van der Waals surface area contributed by atoms with Crippen LogP contribution < -0.4 is 4.74 Å². The molecule has 0 aliphatic carbocycles. The maximum atomic E-state index is 12.3. The molecule has 0 saturated carbocycles. The standard InChI is InChI=1S/C22H23BrN4O8/c1-31-22-20(33-12-15-7-8-16(32-10-9-23)11-17(15)27(29)30)19(25-26-24)18(35-22)13-34-21(28)14-5-3-2-4-6-14/h2-8,11,18-20,22H,9-10,12-13H2,1H3/t18-,19-,20-,22-/m1/s1. The molecular weight excluding hydrogens is 528 g/mol. The van der Waals surface area contributed by atoms with Gasteiger partial charge in [-0.1, -0.05) is 39.2 Å². The van der Waals surface area contributed by atoms with Crippen molar-refractivity contribution in [1.29, 1.82) is 0 Å². The lowest BCUT2D eigenvalue weighted by Gasteiger charge is -2.20. The summed E-state index contributed by atoms with van der Waals surface area (Å²) >= 11 is 3.23. The molecule has 1 saturated heterocycles. The molecule has 0 bridgehead atoms. The molecule has 1 fully saturated rings. The van der Waals surface area contributed by atoms with E-state index in [0.717, 1.165) is 0 Å². The van der Waals surface area contributed by atoms with Gasteiger partial charge in [0.25, 0.3) is 5.69 Å². The van der Waals surface area contributed by atoms with Crippen molar-refractivity contribution >= 4 is 27.6 Å². The van der Waals surface area contributed by atoms with Gasteiger partial charge in [-0.15, -0.1) is 0 Å². The Morgan fingerprint density at radius 1 is 1.29 bits per heavy atom. The van der Waals surface area contributed by atoms with E-state index in [9.17, 15) is 14.9 Å². The Balaban J connectivity index is 1.71. The van der Waals surface area contributed by atoms with Crippen LogP contribution in [0.3, 0.4) is 0 Å². The van der Waals surface area contributed by atoms with Gasteiger partial charge in [0.1, 0.15) is 24.6 Å². The van der Waals surface area contributed by atoms with Crippen molar-refractivity contribution in [1.82, 2.24) is 0 Å². The van der Waals surface area contributed by atoms with Crippen LogP contribution in [0.15, 0.2) is 53.6 Å². The van der Waals surface area contributed by atoms with E-state index in [2.05, 4.69) is 26.0 Å². The molecule has 2 aromatic carbocycles. The van der Waals surface area contributed by atoms with Crippen LogP contribution in [0.5, 0.6) is 5.75 Å². The van der Waals surface area contributed by atoms with Crippen molar-refractivity contribution in [3.63, 3.8) is 0 Å². The number of carbonyl (C=O) groups excluding carboxylic acids is 1. The van der Waals surface area contributed by atoms with Crippen LogP contribution in [-0.2, 0) is 25.6 Å². The van der Waals surface area contributed by atoms with Crippen LogP contribution in [-0.4, -0.2) is 61.1 Å². The molecule has 1 aliphatic heterocycles. The van der Waals surface area contributed by atoms with Crippen LogP contribution in [0, 0.1) is 10.1 Å².